The number of hydrogen-bond acceptors (Lipinski definition) is 3. The molecular formula is C13H20O3. The highest BCUT2D eigenvalue weighted by molar-refractivity contribution is 5.14. The van der Waals surface area contributed by atoms with Gasteiger partial charge >= 0.3 is 0 Å². The summed E-state index contributed by atoms with van der Waals surface area (Å²) in [6, 6.07) is 0. The summed E-state index contributed by atoms with van der Waals surface area (Å²) in [5.41, 5.74) is 0.0473. The Labute approximate surface area is 96.4 Å². The first-order valence-corrected chi connectivity index (χ1v) is 6.27. The zero-order valence-corrected chi connectivity index (χ0v) is 9.82. The average molecular weight is 224 g/mol. The topological polar surface area (TPSA) is 38.7 Å². The Kier molecular flexibility index (Phi) is 2.39. The Balaban J connectivity index is 1.95. The van der Waals surface area contributed by atoms with E-state index in [4.69, 9.17) is 9.47 Å². The average Bonchev–Trinajstić information content (AvgIpc) is 2.87. The van der Waals surface area contributed by atoms with Gasteiger partial charge in [0.15, 0.2) is 5.79 Å². The van der Waals surface area contributed by atoms with E-state index in [-0.39, 0.29) is 23.7 Å². The number of aliphatic hydroxyl groups excluding tert-OH is 1. The second-order valence-electron chi connectivity index (χ2n) is 5.49. The number of hydrogen-bond donors (Lipinski definition) is 1. The molecule has 0 aromatic rings. The Morgan fingerprint density at radius 1 is 1.38 bits per heavy atom. The quantitative estimate of drug-likeness (QED) is 0.689. The lowest BCUT2D eigenvalue weighted by Crippen LogP contribution is -2.48. The molecule has 1 N–H and O–H groups in total. The van der Waals surface area contributed by atoms with Crippen LogP contribution in [-0.4, -0.2) is 30.7 Å². The summed E-state index contributed by atoms with van der Waals surface area (Å²) in [4.78, 5) is 0. The van der Waals surface area contributed by atoms with Gasteiger partial charge < -0.3 is 14.6 Å². The predicted octanol–water partition coefficient (Wildman–Crippen LogP) is 1.71. The fraction of sp³-hybridized carbons (Fsp3) is 0.846. The molecule has 3 nitrogen and oxygen atoms in total. The van der Waals surface area contributed by atoms with Crippen molar-refractivity contribution in [1.82, 2.24) is 0 Å². The van der Waals surface area contributed by atoms with Crippen molar-refractivity contribution in [3.8, 4) is 0 Å². The first-order valence-electron chi connectivity index (χ1n) is 6.27. The van der Waals surface area contributed by atoms with E-state index in [1.165, 1.54) is 0 Å². The predicted molar refractivity (Wildman–Crippen MR) is 59.8 cm³/mol. The SMILES string of the molecule is C[C@]12CC=C[C@@H](CO)[C@@H]1CCC21OCCO1. The molecule has 2 aliphatic carbocycles. The fourth-order valence-electron chi connectivity index (χ4n) is 3.96. The summed E-state index contributed by atoms with van der Waals surface area (Å²) >= 11 is 0. The third-order valence-electron chi connectivity index (χ3n) is 4.88. The van der Waals surface area contributed by atoms with E-state index in [2.05, 4.69) is 19.1 Å². The van der Waals surface area contributed by atoms with Gasteiger partial charge in [0.25, 0.3) is 0 Å². The maximum absolute atomic E-state index is 9.45. The molecule has 0 unspecified atom stereocenters. The first-order chi connectivity index (χ1) is 7.72. The Bertz CT molecular complexity index is 306. The van der Waals surface area contributed by atoms with Gasteiger partial charge in [0, 0.05) is 24.4 Å². The van der Waals surface area contributed by atoms with Crippen LogP contribution in [0.4, 0.5) is 0 Å². The summed E-state index contributed by atoms with van der Waals surface area (Å²) in [5.74, 6) is 0.419. The van der Waals surface area contributed by atoms with Gasteiger partial charge in [-0.05, 0) is 18.8 Å². The summed E-state index contributed by atoms with van der Waals surface area (Å²) < 4.78 is 11.9. The van der Waals surface area contributed by atoms with Crippen LogP contribution in [0.15, 0.2) is 12.2 Å². The molecule has 2 fully saturated rings. The lowest BCUT2D eigenvalue weighted by Gasteiger charge is -2.45. The largest absolute Gasteiger partial charge is 0.396 e. The third kappa shape index (κ3) is 1.19. The molecule has 1 saturated heterocycles. The summed E-state index contributed by atoms with van der Waals surface area (Å²) in [6.07, 6.45) is 7.45. The number of aliphatic hydroxyl groups is 1. The highest BCUT2D eigenvalue weighted by atomic mass is 16.7. The number of fused-ring (bicyclic) bond motifs is 2. The minimum absolute atomic E-state index is 0.0473. The van der Waals surface area contributed by atoms with E-state index >= 15 is 0 Å². The Hall–Kier alpha value is -0.380. The van der Waals surface area contributed by atoms with Crippen LogP contribution >= 0.6 is 0 Å². The van der Waals surface area contributed by atoms with Crippen molar-refractivity contribution in [3.05, 3.63) is 12.2 Å². The van der Waals surface area contributed by atoms with E-state index in [9.17, 15) is 5.11 Å². The normalized spacial score (nSPS) is 45.1. The molecule has 0 aromatic carbocycles. The maximum atomic E-state index is 9.45. The third-order valence-corrected chi connectivity index (χ3v) is 4.88. The van der Waals surface area contributed by atoms with Gasteiger partial charge in [0.05, 0.1) is 13.2 Å². The molecule has 0 amide bonds. The minimum atomic E-state index is -0.365. The lowest BCUT2D eigenvalue weighted by molar-refractivity contribution is -0.227. The van der Waals surface area contributed by atoms with Gasteiger partial charge in [-0.3, -0.25) is 0 Å². The first kappa shape index (κ1) is 10.8. The fourth-order valence-corrected chi connectivity index (χ4v) is 3.96. The van der Waals surface area contributed by atoms with Crippen molar-refractivity contribution in [1.29, 1.82) is 0 Å². The standard InChI is InChI=1S/C13H20O3/c1-12-5-2-3-10(9-14)11(12)4-6-13(12)15-7-8-16-13/h2-3,10-11,14H,4-9H2,1H3/t10-,11-,12-/m0/s1. The smallest absolute Gasteiger partial charge is 0.174 e. The van der Waals surface area contributed by atoms with Crippen molar-refractivity contribution in [2.24, 2.45) is 17.3 Å². The van der Waals surface area contributed by atoms with Crippen LogP contribution in [0.25, 0.3) is 0 Å². The Morgan fingerprint density at radius 3 is 2.81 bits per heavy atom. The van der Waals surface area contributed by atoms with Crippen molar-refractivity contribution in [2.45, 2.75) is 32.0 Å². The minimum Gasteiger partial charge on any atom is -0.396 e. The van der Waals surface area contributed by atoms with Gasteiger partial charge in [0.1, 0.15) is 0 Å². The zero-order valence-electron chi connectivity index (χ0n) is 9.82. The van der Waals surface area contributed by atoms with Crippen LogP contribution in [-0.2, 0) is 9.47 Å². The van der Waals surface area contributed by atoms with Crippen molar-refractivity contribution in [3.63, 3.8) is 0 Å². The lowest BCUT2D eigenvalue weighted by atomic mass is 9.65. The summed E-state index contributed by atoms with van der Waals surface area (Å²) in [6.45, 7) is 3.95. The molecule has 0 bridgehead atoms. The second kappa shape index (κ2) is 3.56. The van der Waals surface area contributed by atoms with Gasteiger partial charge in [-0.1, -0.05) is 19.1 Å². The van der Waals surface area contributed by atoms with E-state index in [0.717, 1.165) is 32.5 Å². The molecule has 90 valence electrons. The van der Waals surface area contributed by atoms with Crippen molar-refractivity contribution >= 4 is 0 Å². The summed E-state index contributed by atoms with van der Waals surface area (Å²) in [7, 11) is 0. The molecule has 0 aromatic heterocycles. The molecular weight excluding hydrogens is 204 g/mol. The summed E-state index contributed by atoms with van der Waals surface area (Å²) in [5, 5.41) is 9.45. The van der Waals surface area contributed by atoms with Gasteiger partial charge in [-0.15, -0.1) is 0 Å². The van der Waals surface area contributed by atoms with E-state index in [1.54, 1.807) is 0 Å². The Morgan fingerprint density at radius 2 is 2.12 bits per heavy atom. The van der Waals surface area contributed by atoms with Crippen LogP contribution in [0, 0.1) is 17.3 Å². The van der Waals surface area contributed by atoms with Gasteiger partial charge in [-0.2, -0.15) is 0 Å². The molecule has 1 saturated carbocycles. The molecule has 3 aliphatic rings. The van der Waals surface area contributed by atoms with E-state index in [1.807, 2.05) is 0 Å². The van der Waals surface area contributed by atoms with Crippen molar-refractivity contribution < 1.29 is 14.6 Å². The number of rotatable bonds is 1. The van der Waals surface area contributed by atoms with Crippen LogP contribution < -0.4 is 0 Å². The monoisotopic (exact) mass is 224 g/mol. The maximum Gasteiger partial charge on any atom is 0.174 e. The van der Waals surface area contributed by atoms with Gasteiger partial charge in [-0.25, -0.2) is 0 Å². The van der Waals surface area contributed by atoms with Crippen molar-refractivity contribution in [2.75, 3.05) is 19.8 Å². The molecule has 1 aliphatic heterocycles. The molecule has 16 heavy (non-hydrogen) atoms. The molecule has 1 heterocycles. The van der Waals surface area contributed by atoms with Crippen LogP contribution in [0.1, 0.15) is 26.2 Å². The van der Waals surface area contributed by atoms with E-state index in [0.29, 0.717) is 5.92 Å². The van der Waals surface area contributed by atoms with Crippen LogP contribution in [0.2, 0.25) is 0 Å². The van der Waals surface area contributed by atoms with Crippen LogP contribution in [0.3, 0.4) is 0 Å². The zero-order chi connectivity index (χ0) is 11.2. The molecule has 3 atom stereocenters. The second-order valence-corrected chi connectivity index (χ2v) is 5.49. The highest BCUT2D eigenvalue weighted by Crippen LogP contribution is 2.60. The van der Waals surface area contributed by atoms with Crippen LogP contribution in [0.5, 0.6) is 0 Å². The molecule has 1 spiro atoms. The molecule has 0 radical (unpaired) electrons. The van der Waals surface area contributed by atoms with Gasteiger partial charge in [0.2, 0.25) is 0 Å². The number of allylic oxidation sites excluding steroid dienone is 1. The molecule has 3 heteroatoms. The highest BCUT2D eigenvalue weighted by Gasteiger charge is 2.62. The number of ether oxygens (including phenoxy) is 2. The molecule has 3 rings (SSSR count). The van der Waals surface area contributed by atoms with E-state index < -0.39 is 0 Å².